The lowest BCUT2D eigenvalue weighted by Crippen LogP contribution is -2.12. The van der Waals surface area contributed by atoms with Gasteiger partial charge in [0.15, 0.2) is 6.29 Å². The topological polar surface area (TPSA) is 57.0 Å². The average Bonchev–Trinajstić information content (AvgIpc) is 2.84. The number of rotatable bonds is 7. The summed E-state index contributed by atoms with van der Waals surface area (Å²) in [6.45, 7) is 3.06. The van der Waals surface area contributed by atoms with E-state index >= 15 is 0 Å². The molecule has 2 rings (SSSR count). The van der Waals surface area contributed by atoms with Gasteiger partial charge in [0.05, 0.1) is 12.2 Å². The first kappa shape index (κ1) is 14.5. The van der Waals surface area contributed by atoms with Crippen LogP contribution in [0.25, 0.3) is 0 Å². The fraction of sp³-hybridized carbons (Fsp3) is 0.357. The second kappa shape index (κ2) is 7.05. The first-order valence-corrected chi connectivity index (χ1v) is 6.88. The molecular formula is C14H16ClN3O2. The minimum atomic E-state index is 0.415. The summed E-state index contributed by atoms with van der Waals surface area (Å²) in [4.78, 5) is 10.9. The van der Waals surface area contributed by atoms with Crippen LogP contribution in [0.4, 0.5) is 0 Å². The third kappa shape index (κ3) is 3.57. The molecule has 0 bridgehead atoms. The lowest BCUT2D eigenvalue weighted by atomic mass is 10.2. The molecule has 20 heavy (non-hydrogen) atoms. The highest BCUT2D eigenvalue weighted by Gasteiger charge is 2.11. The van der Waals surface area contributed by atoms with E-state index in [9.17, 15) is 4.79 Å². The van der Waals surface area contributed by atoms with Crippen molar-refractivity contribution in [3.8, 4) is 5.75 Å². The van der Waals surface area contributed by atoms with Crippen LogP contribution < -0.4 is 4.74 Å². The van der Waals surface area contributed by atoms with E-state index in [1.807, 2.05) is 12.1 Å². The van der Waals surface area contributed by atoms with Crippen molar-refractivity contribution in [3.63, 3.8) is 0 Å². The van der Waals surface area contributed by atoms with Crippen LogP contribution in [-0.4, -0.2) is 27.9 Å². The molecule has 0 spiro atoms. The van der Waals surface area contributed by atoms with Gasteiger partial charge in [0, 0.05) is 5.02 Å². The van der Waals surface area contributed by atoms with Gasteiger partial charge in [0.2, 0.25) is 0 Å². The molecule has 2 aromatic rings. The molecule has 0 atom stereocenters. The molecule has 0 amide bonds. The molecule has 0 saturated carbocycles. The second-order valence-electron chi connectivity index (χ2n) is 4.31. The Morgan fingerprint density at radius 3 is 2.75 bits per heavy atom. The number of carbonyl (C=O) groups is 1. The predicted octanol–water partition coefficient (Wildman–Crippen LogP) is 2.78. The molecule has 106 valence electrons. The largest absolute Gasteiger partial charge is 0.492 e. The van der Waals surface area contributed by atoms with Gasteiger partial charge in [-0.25, -0.2) is 4.68 Å². The van der Waals surface area contributed by atoms with E-state index in [0.29, 0.717) is 23.9 Å². The summed E-state index contributed by atoms with van der Waals surface area (Å²) in [5.41, 5.74) is 1.28. The normalized spacial score (nSPS) is 10.5. The minimum absolute atomic E-state index is 0.415. The Morgan fingerprint density at radius 1 is 1.35 bits per heavy atom. The molecular weight excluding hydrogens is 278 g/mol. The number of benzene rings is 1. The van der Waals surface area contributed by atoms with E-state index in [2.05, 4.69) is 17.2 Å². The summed E-state index contributed by atoms with van der Waals surface area (Å²) in [6, 6.07) is 7.18. The molecule has 0 saturated heterocycles. The highest BCUT2D eigenvalue weighted by atomic mass is 35.5. The zero-order chi connectivity index (χ0) is 14.4. The smallest absolute Gasteiger partial charge is 0.172 e. The third-order valence-electron chi connectivity index (χ3n) is 2.85. The first-order valence-electron chi connectivity index (χ1n) is 6.50. The molecule has 6 heteroatoms. The van der Waals surface area contributed by atoms with Crippen LogP contribution in [0.15, 0.2) is 24.3 Å². The van der Waals surface area contributed by atoms with Crippen molar-refractivity contribution in [3.05, 3.63) is 40.7 Å². The van der Waals surface area contributed by atoms with Crippen molar-refractivity contribution in [2.24, 2.45) is 0 Å². The second-order valence-corrected chi connectivity index (χ2v) is 4.75. The summed E-state index contributed by atoms with van der Waals surface area (Å²) in [5.74, 6) is 0.752. The SMILES string of the molecule is CCCc1c(C=O)nnn1CCOc1ccc(Cl)cc1. The molecule has 1 aromatic heterocycles. The summed E-state index contributed by atoms with van der Waals surface area (Å²) < 4.78 is 7.33. The Morgan fingerprint density at radius 2 is 2.10 bits per heavy atom. The van der Waals surface area contributed by atoms with Crippen LogP contribution in [0, 0.1) is 0 Å². The van der Waals surface area contributed by atoms with Gasteiger partial charge in [-0.2, -0.15) is 0 Å². The summed E-state index contributed by atoms with van der Waals surface area (Å²) in [5, 5.41) is 8.52. The highest BCUT2D eigenvalue weighted by Crippen LogP contribution is 2.15. The van der Waals surface area contributed by atoms with E-state index in [4.69, 9.17) is 16.3 Å². The Kier molecular flexibility index (Phi) is 5.12. The van der Waals surface area contributed by atoms with E-state index < -0.39 is 0 Å². The summed E-state index contributed by atoms with van der Waals surface area (Å²) in [6.07, 6.45) is 2.46. The quantitative estimate of drug-likeness (QED) is 0.737. The number of aromatic nitrogens is 3. The van der Waals surface area contributed by atoms with Crippen LogP contribution in [-0.2, 0) is 13.0 Å². The molecule has 1 aromatic carbocycles. The van der Waals surface area contributed by atoms with Crippen LogP contribution >= 0.6 is 11.6 Å². The number of hydrogen-bond donors (Lipinski definition) is 0. The van der Waals surface area contributed by atoms with Crippen LogP contribution in [0.3, 0.4) is 0 Å². The molecule has 0 radical (unpaired) electrons. The molecule has 0 N–H and O–H groups in total. The monoisotopic (exact) mass is 293 g/mol. The lowest BCUT2D eigenvalue weighted by Gasteiger charge is -2.08. The maximum atomic E-state index is 10.9. The number of halogens is 1. The van der Waals surface area contributed by atoms with E-state index in [-0.39, 0.29) is 0 Å². The standard InChI is InChI=1S/C14H16ClN3O2/c1-2-3-14-13(10-19)16-17-18(14)8-9-20-12-6-4-11(15)5-7-12/h4-7,10H,2-3,8-9H2,1H3. The number of nitrogens with zero attached hydrogens (tertiary/aromatic N) is 3. The maximum Gasteiger partial charge on any atom is 0.172 e. The van der Waals surface area contributed by atoms with Crippen molar-refractivity contribution < 1.29 is 9.53 Å². The summed E-state index contributed by atoms with van der Waals surface area (Å²) >= 11 is 5.80. The van der Waals surface area contributed by atoms with E-state index in [1.165, 1.54) is 0 Å². The van der Waals surface area contributed by atoms with Crippen LogP contribution in [0.5, 0.6) is 5.75 Å². The van der Waals surface area contributed by atoms with Gasteiger partial charge in [0.1, 0.15) is 18.1 Å². The highest BCUT2D eigenvalue weighted by molar-refractivity contribution is 6.30. The van der Waals surface area contributed by atoms with Gasteiger partial charge in [-0.3, -0.25) is 4.79 Å². The fourth-order valence-electron chi connectivity index (χ4n) is 1.89. The molecule has 0 unspecified atom stereocenters. The van der Waals surface area contributed by atoms with Crippen LogP contribution in [0.1, 0.15) is 29.5 Å². The van der Waals surface area contributed by atoms with Crippen LogP contribution in [0.2, 0.25) is 5.02 Å². The number of aldehydes is 1. The van der Waals surface area contributed by atoms with Gasteiger partial charge in [-0.05, 0) is 30.7 Å². The number of hydrogen-bond acceptors (Lipinski definition) is 4. The zero-order valence-electron chi connectivity index (χ0n) is 11.3. The van der Waals surface area contributed by atoms with E-state index in [1.54, 1.807) is 16.8 Å². The van der Waals surface area contributed by atoms with Crippen molar-refractivity contribution in [1.82, 2.24) is 15.0 Å². The zero-order valence-corrected chi connectivity index (χ0v) is 12.0. The van der Waals surface area contributed by atoms with Gasteiger partial charge < -0.3 is 4.74 Å². The van der Waals surface area contributed by atoms with Crippen molar-refractivity contribution in [1.29, 1.82) is 0 Å². The fourth-order valence-corrected chi connectivity index (χ4v) is 2.02. The van der Waals surface area contributed by atoms with Gasteiger partial charge >= 0.3 is 0 Å². The van der Waals surface area contributed by atoms with Gasteiger partial charge in [0.25, 0.3) is 0 Å². The molecule has 0 fully saturated rings. The molecule has 5 nitrogen and oxygen atoms in total. The first-order chi connectivity index (χ1) is 9.74. The van der Waals surface area contributed by atoms with Crippen molar-refractivity contribution in [2.75, 3.05) is 6.61 Å². The van der Waals surface area contributed by atoms with Crippen molar-refractivity contribution in [2.45, 2.75) is 26.3 Å². The molecule has 0 aliphatic rings. The molecule has 0 aliphatic carbocycles. The van der Waals surface area contributed by atoms with Gasteiger partial charge in [-0.15, -0.1) is 5.10 Å². The molecule has 0 aliphatic heterocycles. The maximum absolute atomic E-state index is 10.9. The predicted molar refractivity (Wildman–Crippen MR) is 76.4 cm³/mol. The Bertz CT molecular complexity index is 566. The minimum Gasteiger partial charge on any atom is -0.492 e. The Balaban J connectivity index is 1.95. The average molecular weight is 294 g/mol. The Hall–Kier alpha value is -1.88. The van der Waals surface area contributed by atoms with Crippen molar-refractivity contribution >= 4 is 17.9 Å². The number of carbonyl (C=O) groups excluding carboxylic acids is 1. The molecule has 1 heterocycles. The third-order valence-corrected chi connectivity index (χ3v) is 3.10. The summed E-state index contributed by atoms with van der Waals surface area (Å²) in [7, 11) is 0. The Labute approximate surface area is 122 Å². The lowest BCUT2D eigenvalue weighted by molar-refractivity contribution is 0.111. The number of ether oxygens (including phenoxy) is 1. The van der Waals surface area contributed by atoms with E-state index in [0.717, 1.165) is 30.6 Å². The van der Waals surface area contributed by atoms with Gasteiger partial charge in [-0.1, -0.05) is 30.2 Å².